The summed E-state index contributed by atoms with van der Waals surface area (Å²) in [5.41, 5.74) is 8.28. The Kier molecular flexibility index (Phi) is 9.17. The van der Waals surface area contributed by atoms with E-state index in [1.807, 2.05) is 6.07 Å². The fourth-order valence-electron chi connectivity index (χ4n) is 5.00. The van der Waals surface area contributed by atoms with Crippen LogP contribution in [-0.4, -0.2) is 44.5 Å². The third kappa shape index (κ3) is 6.53. The summed E-state index contributed by atoms with van der Waals surface area (Å²) >= 11 is 7.58. The number of halogens is 2. The molecule has 1 saturated heterocycles. The summed E-state index contributed by atoms with van der Waals surface area (Å²) in [6.45, 7) is 3.79. The third-order valence-electron chi connectivity index (χ3n) is 7.24. The molecule has 1 aliphatic rings. The van der Waals surface area contributed by atoms with Crippen LogP contribution in [0.1, 0.15) is 48.2 Å². The third-order valence-corrected chi connectivity index (χ3v) is 10.2. The van der Waals surface area contributed by atoms with Gasteiger partial charge in [-0.05, 0) is 75.0 Å². The highest BCUT2D eigenvalue weighted by Gasteiger charge is 2.34. The topological polar surface area (TPSA) is 76.3 Å². The quantitative estimate of drug-likeness (QED) is 0.314. The first-order valence-electron chi connectivity index (χ1n) is 12.4. The van der Waals surface area contributed by atoms with E-state index < -0.39 is 15.7 Å². The largest absolute Gasteiger partial charge is 0.330 e. The fourth-order valence-corrected chi connectivity index (χ4v) is 7.67. The Morgan fingerprint density at radius 3 is 2.53 bits per heavy atom. The van der Waals surface area contributed by atoms with Crippen LogP contribution in [0.5, 0.6) is 0 Å². The van der Waals surface area contributed by atoms with Gasteiger partial charge in [0.1, 0.15) is 21.5 Å². The first-order chi connectivity index (χ1) is 17.3. The number of benzene rings is 2. The summed E-state index contributed by atoms with van der Waals surface area (Å²) in [5, 5.41) is 2.42. The van der Waals surface area contributed by atoms with Gasteiger partial charge >= 0.3 is 0 Å². The van der Waals surface area contributed by atoms with Crippen molar-refractivity contribution in [3.05, 3.63) is 81.0 Å². The molecule has 1 aromatic heterocycles. The van der Waals surface area contributed by atoms with Gasteiger partial charge in [0, 0.05) is 28.6 Å². The molecule has 0 spiro atoms. The van der Waals surface area contributed by atoms with Gasteiger partial charge in [-0.3, -0.25) is 0 Å². The lowest BCUT2D eigenvalue weighted by Gasteiger charge is -2.41. The van der Waals surface area contributed by atoms with E-state index in [1.165, 1.54) is 35.2 Å². The van der Waals surface area contributed by atoms with Gasteiger partial charge in [0.15, 0.2) is 9.84 Å². The molecule has 0 unspecified atom stereocenters. The summed E-state index contributed by atoms with van der Waals surface area (Å²) < 4.78 is 40.0. The molecule has 5 nitrogen and oxygen atoms in total. The van der Waals surface area contributed by atoms with Crippen molar-refractivity contribution in [3.8, 4) is 0 Å². The lowest BCUT2D eigenvalue weighted by Crippen LogP contribution is -2.46. The molecule has 9 heteroatoms. The van der Waals surface area contributed by atoms with E-state index in [9.17, 15) is 12.8 Å². The number of likely N-dealkylation sites (tertiary alicyclic amines) is 1. The Labute approximate surface area is 222 Å². The van der Waals surface area contributed by atoms with E-state index >= 15 is 0 Å². The van der Waals surface area contributed by atoms with Crippen LogP contribution >= 0.6 is 22.9 Å². The number of aromatic nitrogens is 1. The molecule has 2 heterocycles. The number of hydrogen-bond donors (Lipinski definition) is 1. The van der Waals surface area contributed by atoms with Crippen molar-refractivity contribution < 1.29 is 12.8 Å². The zero-order chi connectivity index (χ0) is 25.6. The van der Waals surface area contributed by atoms with Gasteiger partial charge in [0.05, 0.1) is 0 Å². The lowest BCUT2D eigenvalue weighted by atomic mass is 9.73. The van der Waals surface area contributed by atoms with Crippen LogP contribution in [0.25, 0.3) is 0 Å². The number of aryl methyl sites for hydroxylation is 1. The zero-order valence-corrected chi connectivity index (χ0v) is 22.7. The Bertz CT molecular complexity index is 1230. The van der Waals surface area contributed by atoms with Gasteiger partial charge < -0.3 is 10.6 Å². The predicted molar refractivity (Wildman–Crippen MR) is 145 cm³/mol. The molecule has 0 aliphatic carbocycles. The molecule has 1 aliphatic heterocycles. The van der Waals surface area contributed by atoms with Gasteiger partial charge in [-0.1, -0.05) is 48.4 Å². The molecule has 0 radical (unpaired) electrons. The average molecular weight is 550 g/mol. The number of piperidine rings is 1. The van der Waals surface area contributed by atoms with E-state index in [1.54, 1.807) is 5.38 Å². The maximum atomic E-state index is 14.7. The maximum Gasteiger partial charge on any atom is 0.187 e. The van der Waals surface area contributed by atoms with Gasteiger partial charge in [-0.25, -0.2) is 17.8 Å². The van der Waals surface area contributed by atoms with Crippen LogP contribution in [0.15, 0.2) is 58.9 Å². The second kappa shape index (κ2) is 12.1. The molecule has 0 amide bonds. The minimum Gasteiger partial charge on any atom is -0.330 e. The monoisotopic (exact) mass is 549 g/mol. The first kappa shape index (κ1) is 27.2. The number of nitrogens with zero attached hydrogens (tertiary/aromatic N) is 2. The molecular formula is C27H33ClFN3O2S2. The van der Waals surface area contributed by atoms with Crippen LogP contribution in [-0.2, 0) is 27.4 Å². The Balaban J connectivity index is 1.23. The standard InChI is InChI=1S/C27H33ClFN3O2S2/c28-23-18-25(36(33,34)19-26-31-12-16-35-26)24(29)17-21(23)7-3-2-6-13-32-14-10-27(20-30,11-15-32)22-8-4-1-5-9-22/h1,4-5,8-9,12,16-18H,2-3,6-7,10-11,13-15,19-20,30H2. The fraction of sp³-hybridized carbons (Fsp3) is 0.444. The molecule has 0 saturated carbocycles. The van der Waals surface area contributed by atoms with Crippen molar-refractivity contribution in [1.29, 1.82) is 0 Å². The summed E-state index contributed by atoms with van der Waals surface area (Å²) in [5.74, 6) is -1.08. The van der Waals surface area contributed by atoms with Crippen molar-refractivity contribution in [1.82, 2.24) is 9.88 Å². The number of hydrogen-bond acceptors (Lipinski definition) is 6. The normalized spacial score (nSPS) is 16.3. The molecule has 3 aromatic rings. The molecule has 2 aromatic carbocycles. The van der Waals surface area contributed by atoms with E-state index in [2.05, 4.69) is 34.1 Å². The Morgan fingerprint density at radius 1 is 1.11 bits per heavy atom. The van der Waals surface area contributed by atoms with Gasteiger partial charge in [-0.2, -0.15) is 0 Å². The zero-order valence-electron chi connectivity index (χ0n) is 20.3. The van der Waals surface area contributed by atoms with Gasteiger partial charge in [0.25, 0.3) is 0 Å². The molecule has 2 N–H and O–H groups in total. The van der Waals surface area contributed by atoms with Crippen LogP contribution in [0.3, 0.4) is 0 Å². The van der Waals surface area contributed by atoms with Gasteiger partial charge in [0.2, 0.25) is 0 Å². The Morgan fingerprint density at radius 2 is 1.86 bits per heavy atom. The number of rotatable bonds is 11. The highest BCUT2D eigenvalue weighted by molar-refractivity contribution is 7.90. The van der Waals surface area contributed by atoms with E-state index in [-0.39, 0.29) is 16.1 Å². The minimum absolute atomic E-state index is 0.0819. The smallest absolute Gasteiger partial charge is 0.187 e. The number of thiazole rings is 1. The predicted octanol–water partition coefficient (Wildman–Crippen LogP) is 5.61. The average Bonchev–Trinajstić information content (AvgIpc) is 3.39. The SMILES string of the molecule is NCC1(c2ccccc2)CCN(CCCCCc2cc(F)c(S(=O)(=O)Cc3nccs3)cc2Cl)CC1. The summed E-state index contributed by atoms with van der Waals surface area (Å²) in [4.78, 5) is 6.13. The Hall–Kier alpha value is -1.84. The van der Waals surface area contributed by atoms with E-state index in [4.69, 9.17) is 17.3 Å². The molecular weight excluding hydrogens is 517 g/mol. The highest BCUT2D eigenvalue weighted by atomic mass is 35.5. The van der Waals surface area contributed by atoms with Crippen LogP contribution in [0.4, 0.5) is 4.39 Å². The number of nitrogens with two attached hydrogens (primary N) is 1. The van der Waals surface area contributed by atoms with E-state index in [0.717, 1.165) is 51.7 Å². The second-order valence-electron chi connectivity index (χ2n) is 9.56. The summed E-state index contributed by atoms with van der Waals surface area (Å²) in [7, 11) is -3.85. The van der Waals surface area contributed by atoms with Crippen molar-refractivity contribution in [2.45, 2.75) is 54.6 Å². The van der Waals surface area contributed by atoms with Crippen molar-refractivity contribution in [2.75, 3.05) is 26.2 Å². The van der Waals surface area contributed by atoms with Crippen molar-refractivity contribution in [3.63, 3.8) is 0 Å². The van der Waals surface area contributed by atoms with Crippen LogP contribution < -0.4 is 5.73 Å². The summed E-state index contributed by atoms with van der Waals surface area (Å²) in [6, 6.07) is 13.1. The molecule has 0 atom stereocenters. The highest BCUT2D eigenvalue weighted by Crippen LogP contribution is 2.34. The molecule has 1 fully saturated rings. The van der Waals surface area contributed by atoms with Crippen LogP contribution in [0.2, 0.25) is 5.02 Å². The van der Waals surface area contributed by atoms with E-state index in [0.29, 0.717) is 28.6 Å². The number of sulfone groups is 1. The van der Waals surface area contributed by atoms with Crippen molar-refractivity contribution >= 4 is 32.8 Å². The van der Waals surface area contributed by atoms with Gasteiger partial charge in [-0.15, -0.1) is 11.3 Å². The van der Waals surface area contributed by atoms with Crippen molar-refractivity contribution in [2.24, 2.45) is 5.73 Å². The number of unbranched alkanes of at least 4 members (excludes halogenated alkanes) is 2. The lowest BCUT2D eigenvalue weighted by molar-refractivity contribution is 0.160. The molecule has 4 rings (SSSR count). The molecule has 194 valence electrons. The maximum absolute atomic E-state index is 14.7. The molecule has 0 bridgehead atoms. The minimum atomic E-state index is -3.85. The second-order valence-corrected chi connectivity index (χ2v) is 12.9. The first-order valence-corrected chi connectivity index (χ1v) is 15.3. The van der Waals surface area contributed by atoms with Crippen LogP contribution in [0, 0.1) is 5.82 Å². The summed E-state index contributed by atoms with van der Waals surface area (Å²) in [6.07, 6.45) is 7.22. The molecule has 36 heavy (non-hydrogen) atoms.